The predicted octanol–water partition coefficient (Wildman–Crippen LogP) is 2.45. The molecule has 1 unspecified atom stereocenters. The summed E-state index contributed by atoms with van der Waals surface area (Å²) in [6.45, 7) is 0. The van der Waals surface area contributed by atoms with Gasteiger partial charge in [0.25, 0.3) is 0 Å². The Bertz CT molecular complexity index is 398. The molecule has 0 aliphatic carbocycles. The molecule has 0 aromatic carbocycles. The maximum absolute atomic E-state index is 6.04. The minimum atomic E-state index is 0.0404. The molecule has 0 aliphatic rings. The van der Waals surface area contributed by atoms with Crippen molar-refractivity contribution in [3.63, 3.8) is 0 Å². The van der Waals surface area contributed by atoms with Crippen molar-refractivity contribution in [2.24, 2.45) is 5.73 Å². The smallest absolute Gasteiger partial charge is 0.0774 e. The van der Waals surface area contributed by atoms with E-state index in [2.05, 4.69) is 43.6 Å². The van der Waals surface area contributed by atoms with Crippen molar-refractivity contribution in [3.05, 3.63) is 31.0 Å². The van der Waals surface area contributed by atoms with Crippen LogP contribution in [0.5, 0.6) is 0 Å². The van der Waals surface area contributed by atoms with Crippen LogP contribution < -0.4 is 5.73 Å². The van der Waals surface area contributed by atoms with Crippen LogP contribution in [-0.2, 0) is 6.42 Å². The van der Waals surface area contributed by atoms with Crippen LogP contribution in [0.1, 0.15) is 17.3 Å². The highest BCUT2D eigenvalue weighted by molar-refractivity contribution is 14.1. The molecule has 14 heavy (non-hydrogen) atoms. The average molecular weight is 337 g/mol. The molecule has 0 fully saturated rings. The molecule has 0 saturated carbocycles. The summed E-state index contributed by atoms with van der Waals surface area (Å²) in [5.41, 5.74) is 8.20. The first kappa shape index (κ1) is 10.5. The number of rotatable bonds is 3. The van der Waals surface area contributed by atoms with E-state index in [1.807, 2.05) is 5.38 Å². The largest absolute Gasteiger partial charge is 0.324 e. The highest BCUT2D eigenvalue weighted by Crippen LogP contribution is 2.23. The van der Waals surface area contributed by atoms with Crippen LogP contribution >= 0.6 is 45.5 Å². The van der Waals surface area contributed by atoms with Gasteiger partial charge in [0.15, 0.2) is 0 Å². The van der Waals surface area contributed by atoms with Crippen LogP contribution in [0, 0.1) is 2.88 Å². The normalized spacial score (nSPS) is 13.0. The van der Waals surface area contributed by atoms with Crippen molar-refractivity contribution in [1.82, 2.24) is 9.59 Å². The standard InChI is InChI=1S/C8H8IN3S2/c9-8-1-5(3-13-8)7(10)2-6-4-14-12-11-6/h1,3-4,7H,2,10H2. The molecule has 2 aromatic rings. The number of nitrogens with two attached hydrogens (primary N) is 1. The van der Waals surface area contributed by atoms with Gasteiger partial charge in [0.05, 0.1) is 8.58 Å². The molecule has 2 aromatic heterocycles. The Balaban J connectivity index is 2.06. The Kier molecular flexibility index (Phi) is 3.47. The van der Waals surface area contributed by atoms with Gasteiger partial charge in [0.1, 0.15) is 0 Å². The van der Waals surface area contributed by atoms with E-state index in [0.29, 0.717) is 0 Å². The van der Waals surface area contributed by atoms with Crippen LogP contribution in [0.2, 0.25) is 0 Å². The van der Waals surface area contributed by atoms with Gasteiger partial charge < -0.3 is 5.73 Å². The summed E-state index contributed by atoms with van der Waals surface area (Å²) in [7, 11) is 0. The number of thiophene rings is 1. The van der Waals surface area contributed by atoms with Crippen molar-refractivity contribution in [2.75, 3.05) is 0 Å². The predicted molar refractivity (Wildman–Crippen MR) is 67.6 cm³/mol. The summed E-state index contributed by atoms with van der Waals surface area (Å²) in [4.78, 5) is 0. The maximum Gasteiger partial charge on any atom is 0.0774 e. The minimum absolute atomic E-state index is 0.0404. The Hall–Kier alpha value is -0.0500. The number of hydrogen-bond acceptors (Lipinski definition) is 5. The van der Waals surface area contributed by atoms with E-state index in [1.54, 1.807) is 11.3 Å². The Labute approximate surface area is 104 Å². The lowest BCUT2D eigenvalue weighted by Gasteiger charge is -2.06. The summed E-state index contributed by atoms with van der Waals surface area (Å²) >= 11 is 5.39. The zero-order chi connectivity index (χ0) is 9.97. The molecule has 0 spiro atoms. The van der Waals surface area contributed by atoms with E-state index in [4.69, 9.17) is 5.73 Å². The number of aromatic nitrogens is 2. The third kappa shape index (κ3) is 2.50. The van der Waals surface area contributed by atoms with Crippen molar-refractivity contribution >= 4 is 45.5 Å². The van der Waals surface area contributed by atoms with Crippen molar-refractivity contribution in [3.8, 4) is 0 Å². The van der Waals surface area contributed by atoms with E-state index < -0.39 is 0 Å². The van der Waals surface area contributed by atoms with Gasteiger partial charge in [-0.3, -0.25) is 0 Å². The first-order valence-corrected chi connectivity index (χ1v) is 6.80. The van der Waals surface area contributed by atoms with Crippen molar-refractivity contribution in [2.45, 2.75) is 12.5 Å². The van der Waals surface area contributed by atoms with Crippen LogP contribution in [0.4, 0.5) is 0 Å². The van der Waals surface area contributed by atoms with Gasteiger partial charge in [0.2, 0.25) is 0 Å². The van der Waals surface area contributed by atoms with Crippen LogP contribution in [0.15, 0.2) is 16.8 Å². The molecule has 0 amide bonds. The number of halogens is 1. The van der Waals surface area contributed by atoms with Gasteiger partial charge in [-0.15, -0.1) is 16.4 Å². The van der Waals surface area contributed by atoms with E-state index in [1.165, 1.54) is 20.0 Å². The minimum Gasteiger partial charge on any atom is -0.324 e. The van der Waals surface area contributed by atoms with Crippen LogP contribution in [0.25, 0.3) is 0 Å². The lowest BCUT2D eigenvalue weighted by molar-refractivity contribution is 0.706. The Morgan fingerprint density at radius 3 is 2.93 bits per heavy atom. The summed E-state index contributed by atoms with van der Waals surface area (Å²) in [6.07, 6.45) is 0.767. The highest BCUT2D eigenvalue weighted by atomic mass is 127. The third-order valence-electron chi connectivity index (χ3n) is 1.85. The van der Waals surface area contributed by atoms with Crippen LogP contribution in [0.3, 0.4) is 0 Å². The molecule has 0 aliphatic heterocycles. The van der Waals surface area contributed by atoms with E-state index in [0.717, 1.165) is 12.1 Å². The van der Waals surface area contributed by atoms with Gasteiger partial charge in [-0.05, 0) is 51.1 Å². The van der Waals surface area contributed by atoms with E-state index in [9.17, 15) is 0 Å². The lowest BCUT2D eigenvalue weighted by Crippen LogP contribution is -2.12. The SMILES string of the molecule is NC(Cc1csnn1)c1csc(I)c1. The second kappa shape index (κ2) is 4.65. The molecule has 0 saturated heterocycles. The van der Waals surface area contributed by atoms with Gasteiger partial charge in [-0.25, -0.2) is 0 Å². The topological polar surface area (TPSA) is 51.8 Å². The van der Waals surface area contributed by atoms with Gasteiger partial charge >= 0.3 is 0 Å². The molecule has 1 atom stereocenters. The van der Waals surface area contributed by atoms with Gasteiger partial charge in [-0.2, -0.15) is 0 Å². The quantitative estimate of drug-likeness (QED) is 0.876. The molecular weight excluding hydrogens is 329 g/mol. The third-order valence-corrected chi connectivity index (χ3v) is 4.21. The maximum atomic E-state index is 6.04. The molecule has 74 valence electrons. The summed E-state index contributed by atoms with van der Waals surface area (Å²) in [5.74, 6) is 0. The number of hydrogen-bond donors (Lipinski definition) is 1. The Morgan fingerprint density at radius 1 is 1.50 bits per heavy atom. The van der Waals surface area contributed by atoms with Crippen molar-refractivity contribution in [1.29, 1.82) is 0 Å². The monoisotopic (exact) mass is 337 g/mol. The van der Waals surface area contributed by atoms with Gasteiger partial charge in [0, 0.05) is 17.8 Å². The summed E-state index contributed by atoms with van der Waals surface area (Å²) in [5, 5.41) is 8.02. The van der Waals surface area contributed by atoms with Crippen molar-refractivity contribution < 1.29 is 0 Å². The molecular formula is C8H8IN3S2. The fourth-order valence-electron chi connectivity index (χ4n) is 1.13. The molecule has 2 rings (SSSR count). The molecule has 2 N–H and O–H groups in total. The zero-order valence-corrected chi connectivity index (χ0v) is 11.0. The second-order valence-electron chi connectivity index (χ2n) is 2.89. The highest BCUT2D eigenvalue weighted by Gasteiger charge is 2.10. The molecule has 0 bridgehead atoms. The molecule has 3 nitrogen and oxygen atoms in total. The first-order valence-electron chi connectivity index (χ1n) is 4.01. The van der Waals surface area contributed by atoms with Gasteiger partial charge in [-0.1, -0.05) is 4.49 Å². The molecule has 2 heterocycles. The summed E-state index contributed by atoms with van der Waals surface area (Å²) in [6, 6.07) is 2.16. The Morgan fingerprint density at radius 2 is 2.36 bits per heavy atom. The zero-order valence-electron chi connectivity index (χ0n) is 7.18. The first-order chi connectivity index (χ1) is 6.75. The average Bonchev–Trinajstić information content (AvgIpc) is 2.75. The van der Waals surface area contributed by atoms with E-state index in [-0.39, 0.29) is 6.04 Å². The fraction of sp³-hybridized carbons (Fsp3) is 0.250. The molecule has 6 heteroatoms. The fourth-order valence-corrected chi connectivity index (χ4v) is 3.03. The summed E-state index contributed by atoms with van der Waals surface area (Å²) < 4.78 is 5.08. The number of nitrogens with zero attached hydrogens (tertiary/aromatic N) is 2. The lowest BCUT2D eigenvalue weighted by atomic mass is 10.1. The second-order valence-corrected chi connectivity index (χ2v) is 6.31. The van der Waals surface area contributed by atoms with Crippen LogP contribution in [-0.4, -0.2) is 9.59 Å². The van der Waals surface area contributed by atoms with E-state index >= 15 is 0 Å². The molecule has 0 radical (unpaired) electrons.